The van der Waals surface area contributed by atoms with Gasteiger partial charge in [0.25, 0.3) is 0 Å². The zero-order valence-electron chi connectivity index (χ0n) is 14.7. The molecule has 0 bridgehead atoms. The van der Waals surface area contributed by atoms with E-state index < -0.39 is 0 Å². The van der Waals surface area contributed by atoms with Gasteiger partial charge in [-0.25, -0.2) is 9.97 Å². The van der Waals surface area contributed by atoms with Crippen LogP contribution >= 0.6 is 0 Å². The molecule has 132 valence electrons. The summed E-state index contributed by atoms with van der Waals surface area (Å²) in [5.74, 6) is 1.54. The Morgan fingerprint density at radius 2 is 2.08 bits per heavy atom. The Morgan fingerprint density at radius 3 is 2.92 bits per heavy atom. The number of hydrogen-bond acceptors (Lipinski definition) is 6. The number of ether oxygens (including phenoxy) is 1. The van der Waals surface area contributed by atoms with Crippen molar-refractivity contribution < 1.29 is 4.74 Å². The minimum Gasteiger partial charge on any atom is -0.370 e. The van der Waals surface area contributed by atoms with Crippen LogP contribution in [0.2, 0.25) is 0 Å². The van der Waals surface area contributed by atoms with Crippen molar-refractivity contribution in [3.63, 3.8) is 0 Å². The van der Waals surface area contributed by atoms with Gasteiger partial charge in [-0.3, -0.25) is 4.68 Å². The fraction of sp³-hybridized carbons (Fsp3) is 0.333. The van der Waals surface area contributed by atoms with Gasteiger partial charge in [0.15, 0.2) is 5.65 Å². The highest BCUT2D eigenvalue weighted by molar-refractivity contribution is 5.92. The molecule has 1 aliphatic rings. The number of para-hydroxylation sites is 1. The van der Waals surface area contributed by atoms with E-state index in [-0.39, 0.29) is 6.10 Å². The number of hydrogen-bond donors (Lipinski definition) is 0. The van der Waals surface area contributed by atoms with Crippen LogP contribution in [0, 0.1) is 6.92 Å². The van der Waals surface area contributed by atoms with E-state index in [1.54, 1.807) is 4.68 Å². The molecule has 5 rings (SSSR count). The Labute approximate surface area is 150 Å². The third-order valence-corrected chi connectivity index (χ3v) is 4.71. The number of rotatable bonds is 2. The van der Waals surface area contributed by atoms with Crippen molar-refractivity contribution in [3.8, 4) is 0 Å². The Kier molecular flexibility index (Phi) is 3.39. The zero-order valence-corrected chi connectivity index (χ0v) is 14.7. The maximum atomic E-state index is 5.97. The maximum Gasteiger partial charge on any atom is 0.229 e. The second-order valence-electron chi connectivity index (χ2n) is 6.58. The largest absolute Gasteiger partial charge is 0.370 e. The molecule has 0 unspecified atom stereocenters. The number of nitrogens with zero attached hydrogens (tertiary/aromatic N) is 7. The average molecular weight is 349 g/mol. The first-order valence-corrected chi connectivity index (χ1v) is 8.66. The van der Waals surface area contributed by atoms with Crippen LogP contribution in [-0.4, -0.2) is 49.1 Å². The smallest absolute Gasteiger partial charge is 0.229 e. The quantitative estimate of drug-likeness (QED) is 0.550. The molecule has 3 aromatic heterocycles. The van der Waals surface area contributed by atoms with Crippen LogP contribution in [0.5, 0.6) is 0 Å². The lowest BCUT2D eigenvalue weighted by Gasteiger charge is -2.33. The lowest BCUT2D eigenvalue weighted by atomic mass is 10.1. The molecule has 0 aliphatic carbocycles. The molecule has 0 amide bonds. The molecule has 0 radical (unpaired) electrons. The maximum absolute atomic E-state index is 5.97. The fourth-order valence-electron chi connectivity index (χ4n) is 3.49. The van der Waals surface area contributed by atoms with Gasteiger partial charge < -0.3 is 9.64 Å². The summed E-state index contributed by atoms with van der Waals surface area (Å²) in [6.07, 6.45) is 3.82. The van der Waals surface area contributed by atoms with Crippen LogP contribution in [-0.2, 0) is 11.8 Å². The molecule has 0 spiro atoms. The van der Waals surface area contributed by atoms with Crippen LogP contribution in [0.15, 0.2) is 36.7 Å². The third-order valence-electron chi connectivity index (χ3n) is 4.71. The fourth-order valence-corrected chi connectivity index (χ4v) is 3.49. The minimum atomic E-state index is -0.0367. The van der Waals surface area contributed by atoms with Crippen LogP contribution in [0.25, 0.3) is 16.6 Å². The van der Waals surface area contributed by atoms with Crippen molar-refractivity contribution in [2.45, 2.75) is 13.0 Å². The highest BCUT2D eigenvalue weighted by Crippen LogP contribution is 2.27. The van der Waals surface area contributed by atoms with Crippen molar-refractivity contribution in [3.05, 3.63) is 48.0 Å². The topological polar surface area (TPSA) is 73.4 Å². The van der Waals surface area contributed by atoms with E-state index in [4.69, 9.17) is 9.72 Å². The summed E-state index contributed by atoms with van der Waals surface area (Å²) in [5, 5.41) is 9.85. The van der Waals surface area contributed by atoms with E-state index in [0.29, 0.717) is 13.2 Å². The first-order valence-electron chi connectivity index (χ1n) is 8.66. The first-order chi connectivity index (χ1) is 12.7. The van der Waals surface area contributed by atoms with Gasteiger partial charge in [0.05, 0.1) is 24.9 Å². The van der Waals surface area contributed by atoms with E-state index in [9.17, 15) is 0 Å². The second-order valence-corrected chi connectivity index (χ2v) is 6.58. The van der Waals surface area contributed by atoms with Crippen LogP contribution in [0.1, 0.15) is 17.5 Å². The standard InChI is InChI=1S/C18H19N7O/c1-12-20-17-14-5-3-4-6-15(14)21-18(25(17)22-12)24-7-8-26-16(11-24)13-9-19-23(2)10-13/h3-6,9-10,16H,7-8,11H2,1-2H3/t16-/m0/s1. The number of aromatic nitrogens is 6. The molecular weight excluding hydrogens is 330 g/mol. The first kappa shape index (κ1) is 15.3. The van der Waals surface area contributed by atoms with Crippen molar-refractivity contribution in [1.82, 2.24) is 29.4 Å². The van der Waals surface area contributed by atoms with Gasteiger partial charge in [0.2, 0.25) is 5.95 Å². The average Bonchev–Trinajstić information content (AvgIpc) is 3.26. The molecule has 1 aliphatic heterocycles. The summed E-state index contributed by atoms with van der Waals surface area (Å²) in [6, 6.07) is 8.05. The third kappa shape index (κ3) is 2.41. The number of morpholine rings is 1. The summed E-state index contributed by atoms with van der Waals surface area (Å²) in [7, 11) is 1.91. The van der Waals surface area contributed by atoms with Crippen LogP contribution < -0.4 is 4.90 Å². The molecule has 4 aromatic rings. The van der Waals surface area contributed by atoms with E-state index in [1.807, 2.05) is 55.1 Å². The Bertz CT molecular complexity index is 1100. The predicted molar refractivity (Wildman–Crippen MR) is 97.1 cm³/mol. The molecule has 26 heavy (non-hydrogen) atoms. The van der Waals surface area contributed by atoms with E-state index >= 15 is 0 Å². The van der Waals surface area contributed by atoms with Crippen molar-refractivity contribution in [2.24, 2.45) is 7.05 Å². The second kappa shape index (κ2) is 5.77. The Balaban J connectivity index is 1.61. The van der Waals surface area contributed by atoms with E-state index in [2.05, 4.69) is 20.1 Å². The van der Waals surface area contributed by atoms with Gasteiger partial charge in [-0.1, -0.05) is 12.1 Å². The number of anilines is 1. The summed E-state index contributed by atoms with van der Waals surface area (Å²) in [5.41, 5.74) is 2.84. The van der Waals surface area contributed by atoms with Crippen molar-refractivity contribution in [1.29, 1.82) is 0 Å². The molecule has 8 nitrogen and oxygen atoms in total. The summed E-state index contributed by atoms with van der Waals surface area (Å²) >= 11 is 0. The molecular formula is C18H19N7O. The van der Waals surface area contributed by atoms with Gasteiger partial charge in [-0.15, -0.1) is 5.10 Å². The normalized spacial score (nSPS) is 18.1. The predicted octanol–water partition coefficient (Wildman–Crippen LogP) is 1.90. The molecule has 1 saturated heterocycles. The van der Waals surface area contributed by atoms with Gasteiger partial charge >= 0.3 is 0 Å². The molecule has 0 N–H and O–H groups in total. The lowest BCUT2D eigenvalue weighted by Crippen LogP contribution is -2.40. The van der Waals surface area contributed by atoms with Gasteiger partial charge in [0.1, 0.15) is 11.9 Å². The molecule has 0 saturated carbocycles. The number of aryl methyl sites for hydroxylation is 2. The molecule has 1 atom stereocenters. The number of benzene rings is 1. The number of fused-ring (bicyclic) bond motifs is 3. The van der Waals surface area contributed by atoms with Crippen LogP contribution in [0.3, 0.4) is 0 Å². The highest BCUT2D eigenvalue weighted by Gasteiger charge is 2.26. The summed E-state index contributed by atoms with van der Waals surface area (Å²) in [4.78, 5) is 11.7. The molecule has 1 aromatic carbocycles. The Hall–Kier alpha value is -3.00. The Morgan fingerprint density at radius 1 is 1.19 bits per heavy atom. The lowest BCUT2D eigenvalue weighted by molar-refractivity contribution is 0.0390. The molecule has 8 heteroatoms. The zero-order chi connectivity index (χ0) is 17.7. The van der Waals surface area contributed by atoms with Gasteiger partial charge in [-0.2, -0.15) is 9.61 Å². The summed E-state index contributed by atoms with van der Waals surface area (Å²) in [6.45, 7) is 3.99. The van der Waals surface area contributed by atoms with Gasteiger partial charge in [-0.05, 0) is 19.1 Å². The van der Waals surface area contributed by atoms with Gasteiger partial charge in [0, 0.05) is 30.7 Å². The molecule has 1 fully saturated rings. The molecule has 4 heterocycles. The van der Waals surface area contributed by atoms with Crippen molar-refractivity contribution in [2.75, 3.05) is 24.6 Å². The van der Waals surface area contributed by atoms with E-state index in [1.165, 1.54) is 0 Å². The van der Waals surface area contributed by atoms with E-state index in [0.717, 1.165) is 40.4 Å². The minimum absolute atomic E-state index is 0.0367. The highest BCUT2D eigenvalue weighted by atomic mass is 16.5. The van der Waals surface area contributed by atoms with Crippen LogP contribution in [0.4, 0.5) is 5.95 Å². The van der Waals surface area contributed by atoms with Crippen molar-refractivity contribution >= 4 is 22.5 Å². The monoisotopic (exact) mass is 349 g/mol. The SMILES string of the molecule is Cc1nc2c3ccccc3nc(N3CCO[C@H](c4cnn(C)c4)C3)n2n1. The summed E-state index contributed by atoms with van der Waals surface area (Å²) < 4.78 is 9.61.